The molecule has 2 fully saturated rings. The quantitative estimate of drug-likeness (QED) is 0.810. The minimum absolute atomic E-state index is 0.462. The second-order valence-electron chi connectivity index (χ2n) is 7.07. The monoisotopic (exact) mass is 252 g/mol. The lowest BCUT2D eigenvalue weighted by Gasteiger charge is -2.38. The van der Waals surface area contributed by atoms with Crippen LogP contribution < -0.4 is 11.5 Å². The summed E-state index contributed by atoms with van der Waals surface area (Å²) in [6.45, 7) is 4.64. The third-order valence-corrected chi connectivity index (χ3v) is 5.69. The molecule has 0 bridgehead atoms. The molecule has 0 radical (unpaired) electrons. The maximum Gasteiger partial charge on any atom is 0.00672 e. The van der Waals surface area contributed by atoms with E-state index in [1.165, 1.54) is 51.4 Å². The third kappa shape index (κ3) is 3.48. The molecule has 0 spiro atoms. The molecule has 6 atom stereocenters. The molecular formula is C16H32N2. The average molecular weight is 252 g/mol. The van der Waals surface area contributed by atoms with E-state index in [4.69, 9.17) is 11.5 Å². The van der Waals surface area contributed by atoms with E-state index in [1.54, 1.807) is 0 Å². The van der Waals surface area contributed by atoms with Gasteiger partial charge in [0.15, 0.2) is 0 Å². The highest BCUT2D eigenvalue weighted by atomic mass is 14.7. The van der Waals surface area contributed by atoms with Gasteiger partial charge in [-0.3, -0.25) is 0 Å². The van der Waals surface area contributed by atoms with E-state index in [1.807, 2.05) is 0 Å². The first-order valence-corrected chi connectivity index (χ1v) is 8.11. The molecule has 2 heteroatoms. The van der Waals surface area contributed by atoms with Gasteiger partial charge >= 0.3 is 0 Å². The van der Waals surface area contributed by atoms with Gasteiger partial charge in [-0.15, -0.1) is 0 Å². The SMILES string of the molecule is CCC1CC(CC2CCC(N)C(C)C2)CCC1N. The van der Waals surface area contributed by atoms with Gasteiger partial charge in [0.05, 0.1) is 0 Å². The largest absolute Gasteiger partial charge is 0.327 e. The van der Waals surface area contributed by atoms with Gasteiger partial charge in [0, 0.05) is 12.1 Å². The predicted octanol–water partition coefficient (Wildman–Crippen LogP) is 3.29. The fourth-order valence-corrected chi connectivity index (χ4v) is 4.28. The van der Waals surface area contributed by atoms with Crippen LogP contribution in [0.2, 0.25) is 0 Å². The number of nitrogens with two attached hydrogens (primary N) is 2. The van der Waals surface area contributed by atoms with Crippen LogP contribution in [0.25, 0.3) is 0 Å². The van der Waals surface area contributed by atoms with Crippen molar-refractivity contribution in [2.45, 2.75) is 77.3 Å². The molecule has 2 rings (SSSR count). The molecule has 106 valence electrons. The molecule has 4 N–H and O–H groups in total. The van der Waals surface area contributed by atoms with E-state index < -0.39 is 0 Å². The topological polar surface area (TPSA) is 52.0 Å². The number of rotatable bonds is 3. The second-order valence-corrected chi connectivity index (χ2v) is 7.07. The second kappa shape index (κ2) is 6.38. The maximum absolute atomic E-state index is 6.21. The predicted molar refractivity (Wildman–Crippen MR) is 78.2 cm³/mol. The molecular weight excluding hydrogens is 220 g/mol. The summed E-state index contributed by atoms with van der Waals surface area (Å²) in [5.41, 5.74) is 12.3. The molecule has 6 unspecified atom stereocenters. The highest BCUT2D eigenvalue weighted by molar-refractivity contribution is 4.86. The van der Waals surface area contributed by atoms with Crippen molar-refractivity contribution in [2.24, 2.45) is 35.1 Å². The fourth-order valence-electron chi connectivity index (χ4n) is 4.28. The number of hydrogen-bond acceptors (Lipinski definition) is 2. The summed E-state index contributed by atoms with van der Waals surface area (Å²) in [6, 6.07) is 0.939. The van der Waals surface area contributed by atoms with E-state index in [2.05, 4.69) is 13.8 Å². The van der Waals surface area contributed by atoms with Crippen LogP contribution in [0.1, 0.15) is 65.2 Å². The van der Waals surface area contributed by atoms with Crippen LogP contribution in [-0.2, 0) is 0 Å². The Bertz CT molecular complexity index is 253. The summed E-state index contributed by atoms with van der Waals surface area (Å²) in [7, 11) is 0. The highest BCUT2D eigenvalue weighted by Crippen LogP contribution is 2.38. The zero-order valence-corrected chi connectivity index (χ0v) is 12.3. The van der Waals surface area contributed by atoms with Crippen molar-refractivity contribution in [1.82, 2.24) is 0 Å². The van der Waals surface area contributed by atoms with Gasteiger partial charge in [0.25, 0.3) is 0 Å². The van der Waals surface area contributed by atoms with Crippen molar-refractivity contribution in [2.75, 3.05) is 0 Å². The van der Waals surface area contributed by atoms with E-state index in [0.717, 1.165) is 23.7 Å². The zero-order chi connectivity index (χ0) is 13.1. The van der Waals surface area contributed by atoms with Gasteiger partial charge in [-0.05, 0) is 68.6 Å². The molecule has 0 aromatic heterocycles. The molecule has 2 nitrogen and oxygen atoms in total. The van der Waals surface area contributed by atoms with Crippen molar-refractivity contribution >= 4 is 0 Å². The van der Waals surface area contributed by atoms with Crippen molar-refractivity contribution in [3.05, 3.63) is 0 Å². The number of hydrogen-bond donors (Lipinski definition) is 2. The summed E-state index contributed by atoms with van der Waals surface area (Å²) < 4.78 is 0. The summed E-state index contributed by atoms with van der Waals surface area (Å²) in [5.74, 6) is 3.40. The summed E-state index contributed by atoms with van der Waals surface area (Å²) in [4.78, 5) is 0. The molecule has 0 saturated heterocycles. The lowest BCUT2D eigenvalue weighted by molar-refractivity contribution is 0.161. The van der Waals surface area contributed by atoms with Crippen LogP contribution in [0.5, 0.6) is 0 Å². The van der Waals surface area contributed by atoms with E-state index in [9.17, 15) is 0 Å². The van der Waals surface area contributed by atoms with Crippen molar-refractivity contribution in [3.8, 4) is 0 Å². The van der Waals surface area contributed by atoms with Crippen molar-refractivity contribution in [1.29, 1.82) is 0 Å². The first-order chi connectivity index (χ1) is 8.60. The summed E-state index contributed by atoms with van der Waals surface area (Å²) in [5, 5.41) is 0. The Hall–Kier alpha value is -0.0800. The Labute approximate surface area is 113 Å². The van der Waals surface area contributed by atoms with Crippen LogP contribution >= 0.6 is 0 Å². The Morgan fingerprint density at radius 2 is 1.50 bits per heavy atom. The standard InChI is InChI=1S/C16H32N2/c1-3-14-10-13(5-7-16(14)18)9-12-4-6-15(17)11(2)8-12/h11-16H,3-10,17-18H2,1-2H3. The molecule has 0 heterocycles. The molecule has 18 heavy (non-hydrogen) atoms. The Kier molecular flexibility index (Phi) is 5.08. The summed E-state index contributed by atoms with van der Waals surface area (Å²) >= 11 is 0. The zero-order valence-electron chi connectivity index (χ0n) is 12.3. The van der Waals surface area contributed by atoms with Crippen molar-refractivity contribution < 1.29 is 0 Å². The van der Waals surface area contributed by atoms with Crippen LogP contribution in [-0.4, -0.2) is 12.1 Å². The van der Waals surface area contributed by atoms with E-state index in [-0.39, 0.29) is 0 Å². The molecule has 0 aromatic rings. The van der Waals surface area contributed by atoms with Crippen LogP contribution in [0, 0.1) is 23.7 Å². The van der Waals surface area contributed by atoms with Gasteiger partial charge in [-0.25, -0.2) is 0 Å². The summed E-state index contributed by atoms with van der Waals surface area (Å²) in [6.07, 6.45) is 10.7. The molecule has 0 aliphatic heterocycles. The van der Waals surface area contributed by atoms with Gasteiger partial charge in [0.2, 0.25) is 0 Å². The minimum atomic E-state index is 0.462. The third-order valence-electron chi connectivity index (χ3n) is 5.69. The Balaban J connectivity index is 1.79. The minimum Gasteiger partial charge on any atom is -0.327 e. The molecule has 0 amide bonds. The van der Waals surface area contributed by atoms with Crippen LogP contribution in [0.4, 0.5) is 0 Å². The maximum atomic E-state index is 6.21. The van der Waals surface area contributed by atoms with E-state index >= 15 is 0 Å². The van der Waals surface area contributed by atoms with Crippen LogP contribution in [0.15, 0.2) is 0 Å². The molecule has 0 aromatic carbocycles. The Morgan fingerprint density at radius 3 is 2.11 bits per heavy atom. The van der Waals surface area contributed by atoms with Gasteiger partial charge < -0.3 is 11.5 Å². The average Bonchev–Trinajstić information content (AvgIpc) is 2.36. The highest BCUT2D eigenvalue weighted by Gasteiger charge is 2.31. The van der Waals surface area contributed by atoms with Crippen molar-refractivity contribution in [3.63, 3.8) is 0 Å². The molecule has 2 saturated carbocycles. The van der Waals surface area contributed by atoms with Crippen LogP contribution in [0.3, 0.4) is 0 Å². The smallest absolute Gasteiger partial charge is 0.00672 e. The lowest BCUT2D eigenvalue weighted by atomic mass is 9.70. The first-order valence-electron chi connectivity index (χ1n) is 8.11. The Morgan fingerprint density at radius 1 is 0.889 bits per heavy atom. The fraction of sp³-hybridized carbons (Fsp3) is 1.00. The normalized spacial score (nSPS) is 46.0. The van der Waals surface area contributed by atoms with E-state index in [0.29, 0.717) is 12.1 Å². The van der Waals surface area contributed by atoms with Gasteiger partial charge in [-0.1, -0.05) is 20.3 Å². The lowest BCUT2D eigenvalue weighted by Crippen LogP contribution is -2.38. The van der Waals surface area contributed by atoms with Gasteiger partial charge in [-0.2, -0.15) is 0 Å². The molecule has 2 aliphatic carbocycles. The molecule has 2 aliphatic rings. The van der Waals surface area contributed by atoms with Gasteiger partial charge in [0.1, 0.15) is 0 Å². The first kappa shape index (κ1) is 14.3.